The van der Waals surface area contributed by atoms with Crippen LogP contribution < -0.4 is 10.1 Å². The average molecular weight is 460 g/mol. The number of likely N-dealkylation sites (N-methyl/N-ethyl adjacent to an activating group) is 1. The maximum Gasteiger partial charge on any atom is 0.325 e. The first kappa shape index (κ1) is 25.0. The summed E-state index contributed by atoms with van der Waals surface area (Å²) in [7, 11) is 5.35. The predicted octanol–water partition coefficient (Wildman–Crippen LogP) is 2.23. The van der Waals surface area contributed by atoms with E-state index < -0.39 is 5.54 Å². The number of likely N-dealkylation sites (tertiary alicyclic amines) is 1. The number of amides is 4. The van der Waals surface area contributed by atoms with Gasteiger partial charge in [0.2, 0.25) is 5.88 Å². The van der Waals surface area contributed by atoms with Crippen molar-refractivity contribution in [1.82, 2.24) is 25.0 Å². The summed E-state index contributed by atoms with van der Waals surface area (Å²) in [6, 6.07) is 3.14. The summed E-state index contributed by atoms with van der Waals surface area (Å²) in [4.78, 5) is 48.8. The van der Waals surface area contributed by atoms with Gasteiger partial charge in [-0.2, -0.15) is 0 Å². The van der Waals surface area contributed by atoms with Crippen molar-refractivity contribution in [3.8, 4) is 5.88 Å². The van der Waals surface area contributed by atoms with Crippen LogP contribution in [-0.4, -0.2) is 90.5 Å². The Morgan fingerprint density at radius 3 is 2.61 bits per heavy atom. The van der Waals surface area contributed by atoms with Crippen molar-refractivity contribution in [3.05, 3.63) is 23.9 Å². The topological polar surface area (TPSA) is 95.1 Å². The normalized spacial score (nSPS) is 21.8. The Morgan fingerprint density at radius 1 is 1.30 bits per heavy atom. The number of urea groups is 1. The Hall–Kier alpha value is -2.68. The SMILES string of the molecule is COc1ncccc1C(=O)N1CCC([C@@]2(CCC(C)C)NC(=O)N(CCN(C)C)C2=O)CC1. The summed E-state index contributed by atoms with van der Waals surface area (Å²) in [6.07, 6.45) is 4.36. The van der Waals surface area contributed by atoms with E-state index in [1.807, 2.05) is 19.0 Å². The number of hydrogen-bond donors (Lipinski definition) is 1. The second-order valence-corrected chi connectivity index (χ2v) is 9.72. The smallest absolute Gasteiger partial charge is 0.325 e. The average Bonchev–Trinajstić information content (AvgIpc) is 3.05. The standard InChI is InChI=1S/C24H37N5O4/c1-17(2)8-11-24(22(31)29(23(32)26-24)16-15-27(3)4)18-9-13-28(14-10-18)21(30)19-7-6-12-25-20(19)33-5/h6-7,12,17-18H,8-11,13-16H2,1-5H3,(H,26,32)/t24-/m1/s1. The summed E-state index contributed by atoms with van der Waals surface area (Å²) in [6.45, 7) is 6.29. The zero-order chi connectivity index (χ0) is 24.2. The number of piperidine rings is 1. The molecule has 0 aliphatic carbocycles. The molecular formula is C24H37N5O4. The molecule has 0 unspecified atom stereocenters. The largest absolute Gasteiger partial charge is 0.480 e. The summed E-state index contributed by atoms with van der Waals surface area (Å²) in [5.41, 5.74) is -0.456. The molecule has 2 aliphatic heterocycles. The number of aromatic nitrogens is 1. The third-order valence-electron chi connectivity index (χ3n) is 6.76. The minimum absolute atomic E-state index is 0.0168. The number of carbonyl (C=O) groups is 3. The number of pyridine rings is 1. The van der Waals surface area contributed by atoms with Gasteiger partial charge in [0, 0.05) is 32.4 Å². The highest BCUT2D eigenvalue weighted by molar-refractivity contribution is 6.07. The van der Waals surface area contributed by atoms with Gasteiger partial charge in [-0.25, -0.2) is 9.78 Å². The van der Waals surface area contributed by atoms with E-state index in [1.54, 1.807) is 23.2 Å². The van der Waals surface area contributed by atoms with E-state index in [1.165, 1.54) is 12.0 Å². The molecule has 3 rings (SSSR count). The molecule has 1 N–H and O–H groups in total. The van der Waals surface area contributed by atoms with Crippen LogP contribution in [0.4, 0.5) is 4.79 Å². The molecule has 9 nitrogen and oxygen atoms in total. The van der Waals surface area contributed by atoms with Gasteiger partial charge in [0.05, 0.1) is 7.11 Å². The molecule has 1 aromatic rings. The Balaban J connectivity index is 1.75. The molecule has 0 spiro atoms. The lowest BCUT2D eigenvalue weighted by Gasteiger charge is -2.41. The zero-order valence-corrected chi connectivity index (χ0v) is 20.5. The van der Waals surface area contributed by atoms with E-state index in [9.17, 15) is 14.4 Å². The van der Waals surface area contributed by atoms with Crippen LogP contribution in [0.1, 0.15) is 49.9 Å². The molecule has 0 aromatic carbocycles. The lowest BCUT2D eigenvalue weighted by Crippen LogP contribution is -2.56. The highest BCUT2D eigenvalue weighted by atomic mass is 16.5. The Morgan fingerprint density at radius 2 is 2.00 bits per heavy atom. The van der Waals surface area contributed by atoms with Crippen LogP contribution in [0.25, 0.3) is 0 Å². The first-order valence-corrected chi connectivity index (χ1v) is 11.8. The van der Waals surface area contributed by atoms with Gasteiger partial charge >= 0.3 is 6.03 Å². The molecule has 2 aliphatic rings. The quantitative estimate of drug-likeness (QED) is 0.569. The van der Waals surface area contributed by atoms with Gasteiger partial charge < -0.3 is 19.9 Å². The molecule has 2 fully saturated rings. The van der Waals surface area contributed by atoms with Crippen LogP contribution in [0.5, 0.6) is 5.88 Å². The van der Waals surface area contributed by atoms with Crippen molar-refractivity contribution in [2.24, 2.45) is 11.8 Å². The number of nitrogens with one attached hydrogen (secondary N) is 1. The highest BCUT2D eigenvalue weighted by Gasteiger charge is 2.55. The summed E-state index contributed by atoms with van der Waals surface area (Å²) in [5.74, 6) is 0.476. The van der Waals surface area contributed by atoms with Gasteiger partial charge in [0.1, 0.15) is 11.1 Å². The van der Waals surface area contributed by atoms with Crippen LogP contribution >= 0.6 is 0 Å². The fourth-order valence-corrected chi connectivity index (χ4v) is 4.78. The van der Waals surface area contributed by atoms with E-state index >= 15 is 0 Å². The molecular weight excluding hydrogens is 422 g/mol. The molecule has 33 heavy (non-hydrogen) atoms. The van der Waals surface area contributed by atoms with Crippen molar-refractivity contribution < 1.29 is 19.1 Å². The van der Waals surface area contributed by atoms with Gasteiger partial charge in [-0.05, 0) is 63.7 Å². The van der Waals surface area contributed by atoms with Crippen molar-refractivity contribution in [2.45, 2.75) is 45.1 Å². The number of methoxy groups -OCH3 is 1. The molecule has 0 radical (unpaired) electrons. The molecule has 0 bridgehead atoms. The van der Waals surface area contributed by atoms with Gasteiger partial charge in [-0.3, -0.25) is 14.5 Å². The fourth-order valence-electron chi connectivity index (χ4n) is 4.78. The second-order valence-electron chi connectivity index (χ2n) is 9.72. The minimum atomic E-state index is -0.894. The van der Waals surface area contributed by atoms with Crippen molar-refractivity contribution in [2.75, 3.05) is 47.4 Å². The number of hydrogen-bond acceptors (Lipinski definition) is 6. The van der Waals surface area contributed by atoms with Crippen LogP contribution in [0.15, 0.2) is 18.3 Å². The first-order chi connectivity index (χ1) is 15.7. The molecule has 4 amide bonds. The Bertz CT molecular complexity index is 866. The highest BCUT2D eigenvalue weighted by Crippen LogP contribution is 2.38. The molecule has 3 heterocycles. The lowest BCUT2D eigenvalue weighted by molar-refractivity contribution is -0.134. The third-order valence-corrected chi connectivity index (χ3v) is 6.76. The van der Waals surface area contributed by atoms with E-state index in [2.05, 4.69) is 24.1 Å². The van der Waals surface area contributed by atoms with Gasteiger partial charge in [-0.15, -0.1) is 0 Å². The lowest BCUT2D eigenvalue weighted by atomic mass is 9.73. The minimum Gasteiger partial charge on any atom is -0.480 e. The van der Waals surface area contributed by atoms with Crippen molar-refractivity contribution in [1.29, 1.82) is 0 Å². The van der Waals surface area contributed by atoms with Crippen LogP contribution in [0.2, 0.25) is 0 Å². The Labute approximate surface area is 196 Å². The van der Waals surface area contributed by atoms with E-state index in [-0.39, 0.29) is 23.8 Å². The van der Waals surface area contributed by atoms with Gasteiger partial charge in [0.25, 0.3) is 11.8 Å². The van der Waals surface area contributed by atoms with Gasteiger partial charge in [-0.1, -0.05) is 13.8 Å². The Kier molecular flexibility index (Phi) is 7.94. The summed E-state index contributed by atoms with van der Waals surface area (Å²) >= 11 is 0. The first-order valence-electron chi connectivity index (χ1n) is 11.8. The van der Waals surface area contributed by atoms with Crippen LogP contribution in [0, 0.1) is 11.8 Å². The maximum atomic E-state index is 13.6. The number of nitrogens with zero attached hydrogens (tertiary/aromatic N) is 4. The molecule has 9 heteroatoms. The molecule has 182 valence electrons. The second kappa shape index (κ2) is 10.5. The van der Waals surface area contributed by atoms with Gasteiger partial charge in [0.15, 0.2) is 0 Å². The summed E-state index contributed by atoms with van der Waals surface area (Å²) < 4.78 is 5.25. The summed E-state index contributed by atoms with van der Waals surface area (Å²) in [5, 5.41) is 3.10. The number of imide groups is 1. The molecule has 1 aromatic heterocycles. The third kappa shape index (κ3) is 5.29. The molecule has 2 saturated heterocycles. The van der Waals surface area contributed by atoms with Crippen LogP contribution in [-0.2, 0) is 4.79 Å². The number of ether oxygens (including phenoxy) is 1. The number of carbonyl (C=O) groups excluding carboxylic acids is 3. The van der Waals surface area contributed by atoms with Crippen LogP contribution in [0.3, 0.4) is 0 Å². The van der Waals surface area contributed by atoms with E-state index in [4.69, 9.17) is 4.74 Å². The molecule has 1 atom stereocenters. The number of rotatable bonds is 9. The molecule has 0 saturated carbocycles. The van der Waals surface area contributed by atoms with E-state index in [0.29, 0.717) is 62.8 Å². The monoisotopic (exact) mass is 459 g/mol. The zero-order valence-electron chi connectivity index (χ0n) is 20.5. The fraction of sp³-hybridized carbons (Fsp3) is 0.667. The predicted molar refractivity (Wildman–Crippen MR) is 125 cm³/mol. The van der Waals surface area contributed by atoms with Crippen molar-refractivity contribution >= 4 is 17.8 Å². The van der Waals surface area contributed by atoms with Crippen molar-refractivity contribution in [3.63, 3.8) is 0 Å². The van der Waals surface area contributed by atoms with E-state index in [0.717, 1.165) is 6.42 Å². The maximum absolute atomic E-state index is 13.6.